The van der Waals surface area contributed by atoms with E-state index >= 15 is 0 Å². The zero-order valence-corrected chi connectivity index (χ0v) is 6.80. The van der Waals surface area contributed by atoms with Gasteiger partial charge in [0, 0.05) is 13.0 Å². The molecule has 0 aliphatic rings. The van der Waals surface area contributed by atoms with Gasteiger partial charge < -0.3 is 5.73 Å². The SMILES string of the molecule is Nc1cn(CCC(F)(F)Cl)nn1. The van der Waals surface area contributed by atoms with E-state index in [1.54, 1.807) is 0 Å². The van der Waals surface area contributed by atoms with Crippen molar-refractivity contribution in [2.75, 3.05) is 5.73 Å². The van der Waals surface area contributed by atoms with Crippen molar-refractivity contribution in [1.82, 2.24) is 15.0 Å². The smallest absolute Gasteiger partial charge is 0.323 e. The van der Waals surface area contributed by atoms with Crippen LogP contribution in [-0.2, 0) is 6.54 Å². The molecule has 2 N–H and O–H groups in total. The van der Waals surface area contributed by atoms with Gasteiger partial charge in [-0.25, -0.2) is 0 Å². The van der Waals surface area contributed by atoms with E-state index in [-0.39, 0.29) is 12.4 Å². The van der Waals surface area contributed by atoms with Crippen molar-refractivity contribution < 1.29 is 8.78 Å². The van der Waals surface area contributed by atoms with Gasteiger partial charge >= 0.3 is 5.38 Å². The second kappa shape index (κ2) is 3.22. The number of anilines is 1. The number of hydrogen-bond donors (Lipinski definition) is 1. The first-order chi connectivity index (χ1) is 5.47. The van der Waals surface area contributed by atoms with Gasteiger partial charge in [0.1, 0.15) is 0 Å². The number of nitrogens with zero attached hydrogens (tertiary/aromatic N) is 3. The van der Waals surface area contributed by atoms with E-state index in [0.29, 0.717) is 0 Å². The first-order valence-electron chi connectivity index (χ1n) is 3.20. The third kappa shape index (κ3) is 3.00. The Kier molecular flexibility index (Phi) is 2.46. The van der Waals surface area contributed by atoms with Crippen LogP contribution in [0.15, 0.2) is 6.20 Å². The fraction of sp³-hybridized carbons (Fsp3) is 0.600. The molecule has 0 unspecified atom stereocenters. The second-order valence-electron chi connectivity index (χ2n) is 2.27. The summed E-state index contributed by atoms with van der Waals surface area (Å²) in [6, 6.07) is 0. The molecule has 0 bridgehead atoms. The summed E-state index contributed by atoms with van der Waals surface area (Å²) >= 11 is 4.66. The highest BCUT2D eigenvalue weighted by atomic mass is 35.5. The monoisotopic (exact) mass is 196 g/mol. The maximum absolute atomic E-state index is 12.1. The molecule has 0 radical (unpaired) electrons. The molecule has 0 saturated heterocycles. The van der Waals surface area contributed by atoms with E-state index in [2.05, 4.69) is 21.9 Å². The first-order valence-corrected chi connectivity index (χ1v) is 3.57. The number of halogens is 3. The molecule has 68 valence electrons. The highest BCUT2D eigenvalue weighted by Gasteiger charge is 2.24. The molecule has 1 aromatic heterocycles. The maximum atomic E-state index is 12.1. The lowest BCUT2D eigenvalue weighted by atomic mass is 10.4. The number of aromatic nitrogens is 3. The molecule has 1 rings (SSSR count). The van der Waals surface area contributed by atoms with Gasteiger partial charge in [-0.05, 0) is 11.6 Å². The number of rotatable bonds is 3. The number of alkyl halides is 3. The van der Waals surface area contributed by atoms with Crippen molar-refractivity contribution in [2.24, 2.45) is 0 Å². The van der Waals surface area contributed by atoms with Crippen LogP contribution < -0.4 is 5.73 Å². The Morgan fingerprint density at radius 1 is 1.67 bits per heavy atom. The maximum Gasteiger partial charge on any atom is 0.323 e. The van der Waals surface area contributed by atoms with Crippen molar-refractivity contribution in [2.45, 2.75) is 18.3 Å². The van der Waals surface area contributed by atoms with E-state index in [9.17, 15) is 8.78 Å². The minimum absolute atomic E-state index is 0.000694. The molecular formula is C5H7ClF2N4. The third-order valence-corrected chi connectivity index (χ3v) is 1.37. The molecule has 0 atom stereocenters. The Balaban J connectivity index is 2.44. The van der Waals surface area contributed by atoms with Crippen molar-refractivity contribution in [1.29, 1.82) is 0 Å². The molecule has 0 saturated carbocycles. The van der Waals surface area contributed by atoms with Gasteiger partial charge in [0.05, 0.1) is 6.20 Å². The summed E-state index contributed by atoms with van der Waals surface area (Å²) in [5.74, 6) is 0.202. The molecule has 0 fully saturated rings. The molecule has 12 heavy (non-hydrogen) atoms. The van der Waals surface area contributed by atoms with Crippen molar-refractivity contribution in [3.63, 3.8) is 0 Å². The number of aryl methyl sites for hydroxylation is 1. The van der Waals surface area contributed by atoms with Gasteiger partial charge in [0.25, 0.3) is 0 Å². The Labute approximate surface area is 72.3 Å². The second-order valence-corrected chi connectivity index (χ2v) is 2.82. The third-order valence-electron chi connectivity index (χ3n) is 1.18. The number of nitrogen functional groups attached to an aromatic ring is 1. The largest absolute Gasteiger partial charge is 0.381 e. The molecule has 0 aromatic carbocycles. The van der Waals surface area contributed by atoms with Crippen LogP contribution in [0.1, 0.15) is 6.42 Å². The summed E-state index contributed by atoms with van der Waals surface area (Å²) in [6.45, 7) is 0.000694. The fourth-order valence-electron chi connectivity index (χ4n) is 0.664. The van der Waals surface area contributed by atoms with Crippen LogP contribution >= 0.6 is 11.6 Å². The lowest BCUT2D eigenvalue weighted by Crippen LogP contribution is -2.11. The summed E-state index contributed by atoms with van der Waals surface area (Å²) in [4.78, 5) is 0. The lowest BCUT2D eigenvalue weighted by Gasteiger charge is -2.05. The first kappa shape index (κ1) is 9.18. The van der Waals surface area contributed by atoms with Crippen LogP contribution in [0, 0.1) is 0 Å². The van der Waals surface area contributed by atoms with Gasteiger partial charge in [0.2, 0.25) is 0 Å². The Morgan fingerprint density at radius 3 is 2.75 bits per heavy atom. The van der Waals surface area contributed by atoms with Crippen LogP contribution in [0.25, 0.3) is 0 Å². The zero-order chi connectivity index (χ0) is 9.19. The van der Waals surface area contributed by atoms with Crippen LogP contribution in [-0.4, -0.2) is 20.4 Å². The van der Waals surface area contributed by atoms with Crippen LogP contribution in [0.3, 0.4) is 0 Å². The zero-order valence-electron chi connectivity index (χ0n) is 6.04. The average molecular weight is 197 g/mol. The van der Waals surface area contributed by atoms with Gasteiger partial charge in [-0.1, -0.05) is 5.21 Å². The van der Waals surface area contributed by atoms with Crippen LogP contribution in [0.5, 0.6) is 0 Å². The quantitative estimate of drug-likeness (QED) is 0.736. The van der Waals surface area contributed by atoms with E-state index in [4.69, 9.17) is 5.73 Å². The van der Waals surface area contributed by atoms with Crippen molar-refractivity contribution in [3.05, 3.63) is 6.20 Å². The van der Waals surface area contributed by atoms with Gasteiger partial charge in [-0.15, -0.1) is 5.10 Å². The van der Waals surface area contributed by atoms with Crippen molar-refractivity contribution >= 4 is 17.4 Å². The topological polar surface area (TPSA) is 56.7 Å². The summed E-state index contributed by atoms with van der Waals surface area (Å²) in [6.07, 6.45) is 0.875. The highest BCUT2D eigenvalue weighted by Crippen LogP contribution is 2.23. The van der Waals surface area contributed by atoms with E-state index in [0.717, 1.165) is 0 Å². The minimum Gasteiger partial charge on any atom is -0.381 e. The van der Waals surface area contributed by atoms with Gasteiger partial charge in [0.15, 0.2) is 5.82 Å². The highest BCUT2D eigenvalue weighted by molar-refractivity contribution is 6.21. The molecule has 0 aliphatic heterocycles. The standard InChI is InChI=1S/C5H7ClF2N4/c6-5(7,8)1-2-12-3-4(9)10-11-12/h3H,1-2,9H2. The summed E-state index contributed by atoms with van der Waals surface area (Å²) in [5, 5.41) is 3.69. The summed E-state index contributed by atoms with van der Waals surface area (Å²) in [5.41, 5.74) is 5.20. The Bertz CT molecular complexity index is 256. The van der Waals surface area contributed by atoms with E-state index in [1.165, 1.54) is 10.9 Å². The average Bonchev–Trinajstić information content (AvgIpc) is 2.30. The molecular weight excluding hydrogens is 190 g/mol. The van der Waals surface area contributed by atoms with Gasteiger partial charge in [-0.3, -0.25) is 4.68 Å². The molecule has 0 spiro atoms. The molecule has 7 heteroatoms. The lowest BCUT2D eigenvalue weighted by molar-refractivity contribution is 0.0794. The van der Waals surface area contributed by atoms with E-state index < -0.39 is 11.8 Å². The number of nitrogens with two attached hydrogens (primary N) is 1. The van der Waals surface area contributed by atoms with Crippen LogP contribution in [0.4, 0.5) is 14.6 Å². The molecule has 1 aromatic rings. The predicted molar refractivity (Wildman–Crippen MR) is 39.9 cm³/mol. The molecule has 4 nitrogen and oxygen atoms in total. The van der Waals surface area contributed by atoms with Gasteiger partial charge in [-0.2, -0.15) is 8.78 Å². The predicted octanol–water partition coefficient (Wildman–Crippen LogP) is 1.08. The summed E-state index contributed by atoms with van der Waals surface area (Å²) in [7, 11) is 0. The Hall–Kier alpha value is -0.910. The summed E-state index contributed by atoms with van der Waals surface area (Å²) < 4.78 is 25.4. The normalized spacial score (nSPS) is 11.9. The van der Waals surface area contributed by atoms with E-state index in [1.807, 2.05) is 0 Å². The Morgan fingerprint density at radius 2 is 2.33 bits per heavy atom. The number of hydrogen-bond acceptors (Lipinski definition) is 3. The molecule has 0 amide bonds. The fourth-order valence-corrected chi connectivity index (χ4v) is 0.749. The minimum atomic E-state index is -3.19. The van der Waals surface area contributed by atoms with Crippen molar-refractivity contribution in [3.8, 4) is 0 Å². The van der Waals surface area contributed by atoms with Crippen LogP contribution in [0.2, 0.25) is 0 Å². The molecule has 1 heterocycles. The molecule has 0 aliphatic carbocycles.